The van der Waals surface area contributed by atoms with Gasteiger partial charge in [-0.2, -0.15) is 0 Å². The van der Waals surface area contributed by atoms with E-state index in [1.165, 1.54) is 0 Å². The molecule has 1 saturated carbocycles. The highest BCUT2D eigenvalue weighted by atomic mass is 16.7. The lowest BCUT2D eigenvalue weighted by molar-refractivity contribution is -0.127. The molecule has 2 heterocycles. The van der Waals surface area contributed by atoms with Crippen LogP contribution in [-0.4, -0.2) is 41.9 Å². The number of rotatable bonds is 4. The van der Waals surface area contributed by atoms with Crippen LogP contribution < -0.4 is 14.8 Å². The molecule has 2 fully saturated rings. The lowest BCUT2D eigenvalue weighted by Crippen LogP contribution is -2.56. The van der Waals surface area contributed by atoms with Crippen molar-refractivity contribution in [3.63, 3.8) is 0 Å². The van der Waals surface area contributed by atoms with E-state index in [0.717, 1.165) is 43.2 Å². The Balaban J connectivity index is 1.37. The summed E-state index contributed by atoms with van der Waals surface area (Å²) in [6, 6.07) is 12.5. The van der Waals surface area contributed by atoms with E-state index in [-0.39, 0.29) is 25.2 Å². The summed E-state index contributed by atoms with van der Waals surface area (Å²) >= 11 is 0. The monoisotopic (exact) mass is 436 g/mol. The summed E-state index contributed by atoms with van der Waals surface area (Å²) in [6.07, 6.45) is 4.62. The second kappa shape index (κ2) is 8.47. The number of hydrogen-bond acceptors (Lipinski definition) is 5. The summed E-state index contributed by atoms with van der Waals surface area (Å²) in [6.45, 7) is 2.69. The summed E-state index contributed by atoms with van der Waals surface area (Å²) in [7, 11) is 0. The number of fused-ring (bicyclic) bond motifs is 1. The maximum atomic E-state index is 13.7. The number of carbonyl (C=O) groups is 2. The minimum absolute atomic E-state index is 0.134. The van der Waals surface area contributed by atoms with Crippen molar-refractivity contribution < 1.29 is 23.8 Å². The normalized spacial score (nSPS) is 21.0. The van der Waals surface area contributed by atoms with Crippen LogP contribution >= 0.6 is 0 Å². The van der Waals surface area contributed by atoms with Crippen LogP contribution in [0.3, 0.4) is 0 Å². The fraction of sp³-hybridized carbons (Fsp3) is 0.440. The molecule has 1 atom stereocenters. The lowest BCUT2D eigenvalue weighted by atomic mass is 9.89. The van der Waals surface area contributed by atoms with Gasteiger partial charge in [0.1, 0.15) is 11.8 Å². The van der Waals surface area contributed by atoms with Gasteiger partial charge >= 0.3 is 0 Å². The lowest BCUT2D eigenvalue weighted by Gasteiger charge is -2.41. The molecule has 0 bridgehead atoms. The van der Waals surface area contributed by atoms with Crippen molar-refractivity contribution >= 4 is 11.8 Å². The Hall–Kier alpha value is -3.06. The van der Waals surface area contributed by atoms with Gasteiger partial charge in [0.05, 0.1) is 6.61 Å². The molecule has 1 saturated heterocycles. The van der Waals surface area contributed by atoms with E-state index in [4.69, 9.17) is 14.2 Å². The quantitative estimate of drug-likeness (QED) is 0.793. The van der Waals surface area contributed by atoms with Crippen molar-refractivity contribution in [3.8, 4) is 11.5 Å². The first-order valence-electron chi connectivity index (χ1n) is 11.3. The van der Waals surface area contributed by atoms with Crippen LogP contribution in [0.25, 0.3) is 0 Å². The molecule has 0 aromatic heterocycles. The largest absolute Gasteiger partial charge is 0.454 e. The molecule has 3 aliphatic rings. The number of ether oxygens (including phenoxy) is 3. The zero-order valence-electron chi connectivity index (χ0n) is 18.3. The number of nitrogens with zero attached hydrogens (tertiary/aromatic N) is 1. The number of hydrogen-bond donors (Lipinski definition) is 1. The average molecular weight is 437 g/mol. The highest BCUT2D eigenvalue weighted by Crippen LogP contribution is 2.41. The van der Waals surface area contributed by atoms with Gasteiger partial charge in [-0.1, -0.05) is 30.7 Å². The first-order valence-corrected chi connectivity index (χ1v) is 11.3. The van der Waals surface area contributed by atoms with Crippen LogP contribution in [-0.2, 0) is 16.1 Å². The molecule has 7 heteroatoms. The van der Waals surface area contributed by atoms with Crippen molar-refractivity contribution in [3.05, 3.63) is 59.2 Å². The number of benzene rings is 2. The predicted octanol–water partition coefficient (Wildman–Crippen LogP) is 3.54. The molecule has 7 nitrogen and oxygen atoms in total. The summed E-state index contributed by atoms with van der Waals surface area (Å²) in [5, 5.41) is 3.00. The Labute approximate surface area is 187 Å². The van der Waals surface area contributed by atoms with E-state index < -0.39 is 11.8 Å². The van der Waals surface area contributed by atoms with Gasteiger partial charge < -0.3 is 19.5 Å². The highest BCUT2D eigenvalue weighted by Gasteiger charge is 2.53. The van der Waals surface area contributed by atoms with Gasteiger partial charge in [-0.25, -0.2) is 0 Å². The predicted molar refractivity (Wildman–Crippen MR) is 117 cm³/mol. The van der Waals surface area contributed by atoms with E-state index in [0.29, 0.717) is 23.6 Å². The minimum Gasteiger partial charge on any atom is -0.454 e. The first-order chi connectivity index (χ1) is 15.6. The fourth-order valence-corrected chi connectivity index (χ4v) is 4.97. The van der Waals surface area contributed by atoms with E-state index >= 15 is 0 Å². The maximum Gasteiger partial charge on any atom is 0.257 e. The molecule has 1 aliphatic carbocycles. The Bertz CT molecular complexity index is 1030. The van der Waals surface area contributed by atoms with Gasteiger partial charge in [-0.3, -0.25) is 14.5 Å². The summed E-state index contributed by atoms with van der Waals surface area (Å²) < 4.78 is 17.0. The second-order valence-electron chi connectivity index (χ2n) is 8.73. The molecule has 2 amide bonds. The van der Waals surface area contributed by atoms with Crippen molar-refractivity contribution in [1.82, 2.24) is 10.2 Å². The zero-order chi connectivity index (χ0) is 22.1. The topological polar surface area (TPSA) is 77.1 Å². The Morgan fingerprint density at radius 1 is 1.06 bits per heavy atom. The van der Waals surface area contributed by atoms with Crippen molar-refractivity contribution in [2.24, 2.45) is 0 Å². The van der Waals surface area contributed by atoms with E-state index in [1.807, 2.05) is 49.4 Å². The van der Waals surface area contributed by atoms with E-state index in [2.05, 4.69) is 5.32 Å². The molecule has 2 aliphatic heterocycles. The van der Waals surface area contributed by atoms with Gasteiger partial charge in [-0.05, 0) is 61.9 Å². The maximum absolute atomic E-state index is 13.7. The van der Waals surface area contributed by atoms with Gasteiger partial charge in [-0.15, -0.1) is 0 Å². The zero-order valence-corrected chi connectivity index (χ0v) is 18.3. The first kappa shape index (κ1) is 20.8. The molecule has 0 unspecified atom stereocenters. The molecule has 2 aromatic rings. The number of aryl methyl sites for hydroxylation is 1. The molecule has 1 N–H and O–H groups in total. The molecule has 0 radical (unpaired) electrons. The number of carbonyl (C=O) groups excluding carboxylic acids is 2. The van der Waals surface area contributed by atoms with Crippen LogP contribution in [0.2, 0.25) is 0 Å². The molecule has 5 rings (SSSR count). The van der Waals surface area contributed by atoms with E-state index in [1.54, 1.807) is 4.90 Å². The van der Waals surface area contributed by atoms with Crippen LogP contribution in [0.4, 0.5) is 0 Å². The molecular formula is C25H28N2O5. The third-order valence-corrected chi connectivity index (χ3v) is 6.70. The van der Waals surface area contributed by atoms with Gasteiger partial charge in [0.25, 0.3) is 5.91 Å². The van der Waals surface area contributed by atoms with Crippen molar-refractivity contribution in [2.45, 2.75) is 57.3 Å². The summed E-state index contributed by atoms with van der Waals surface area (Å²) in [5.74, 6) is 1.05. The third kappa shape index (κ3) is 3.71. The Kier molecular flexibility index (Phi) is 5.51. The summed E-state index contributed by atoms with van der Waals surface area (Å²) in [4.78, 5) is 28.7. The SMILES string of the molecule is Cc1ccccc1C(=O)N1[C@@H](C(=O)NCc2ccc3c(c2)OCO3)COC12CCCCC2. The van der Waals surface area contributed by atoms with Crippen LogP contribution in [0, 0.1) is 6.92 Å². The third-order valence-electron chi connectivity index (χ3n) is 6.70. The average Bonchev–Trinajstić information content (AvgIpc) is 3.42. The number of amides is 2. The van der Waals surface area contributed by atoms with Gasteiger partial charge in [0, 0.05) is 12.1 Å². The van der Waals surface area contributed by atoms with E-state index in [9.17, 15) is 9.59 Å². The molecule has 168 valence electrons. The van der Waals surface area contributed by atoms with Crippen molar-refractivity contribution in [2.75, 3.05) is 13.4 Å². The minimum atomic E-state index is -0.696. The highest BCUT2D eigenvalue weighted by molar-refractivity contribution is 5.99. The van der Waals surface area contributed by atoms with Gasteiger partial charge in [0.2, 0.25) is 12.7 Å². The van der Waals surface area contributed by atoms with Crippen LogP contribution in [0.1, 0.15) is 53.6 Å². The van der Waals surface area contributed by atoms with Crippen LogP contribution in [0.5, 0.6) is 11.5 Å². The molecule has 1 spiro atoms. The fourth-order valence-electron chi connectivity index (χ4n) is 4.97. The standard InChI is InChI=1S/C25H28N2O5/c1-17-7-3-4-8-19(17)24(29)27-20(15-32-25(27)11-5-2-6-12-25)23(28)26-14-18-9-10-21-22(13-18)31-16-30-21/h3-4,7-10,13,20H,2,5-6,11-12,14-16H2,1H3,(H,26,28)/t20-/m1/s1. The van der Waals surface area contributed by atoms with Gasteiger partial charge in [0.15, 0.2) is 11.5 Å². The second-order valence-corrected chi connectivity index (χ2v) is 8.73. The molecule has 32 heavy (non-hydrogen) atoms. The molecular weight excluding hydrogens is 408 g/mol. The summed E-state index contributed by atoms with van der Waals surface area (Å²) in [5.41, 5.74) is 1.73. The van der Waals surface area contributed by atoms with Crippen molar-refractivity contribution in [1.29, 1.82) is 0 Å². The van der Waals surface area contributed by atoms with Crippen LogP contribution in [0.15, 0.2) is 42.5 Å². The Morgan fingerprint density at radius 2 is 1.84 bits per heavy atom. The number of nitrogens with one attached hydrogen (secondary N) is 1. The Morgan fingerprint density at radius 3 is 2.66 bits per heavy atom. The molecule has 2 aromatic carbocycles. The smallest absolute Gasteiger partial charge is 0.257 e.